The molecule has 0 saturated heterocycles. The second kappa shape index (κ2) is 3.86. The fourth-order valence-electron chi connectivity index (χ4n) is 0.610. The van der Waals surface area contributed by atoms with Gasteiger partial charge in [-0.1, -0.05) is 22.0 Å². The molecule has 0 bridgehead atoms. The van der Waals surface area contributed by atoms with Crippen LogP contribution in [0.2, 0.25) is 0 Å². The molecule has 0 aliphatic rings. The Bertz CT molecular complexity index is 338. The largest absolute Gasteiger partial charge is 0.267 e. The third kappa shape index (κ3) is 2.78. The van der Waals surface area contributed by atoms with E-state index in [4.69, 9.17) is 0 Å². The van der Waals surface area contributed by atoms with E-state index in [0.29, 0.717) is 5.82 Å². The standard InChI is InChI=1S/C6H7BrN2O2S/c7-5-12(10,11)9-6-3-1-2-4-8-6/h1-4H,5H2,(H,8,9). The lowest BCUT2D eigenvalue weighted by atomic mass is 10.5. The highest BCUT2D eigenvalue weighted by molar-refractivity contribution is 9.10. The van der Waals surface area contributed by atoms with Crippen LogP contribution in [0.4, 0.5) is 5.82 Å². The normalized spacial score (nSPS) is 11.1. The number of rotatable bonds is 3. The first-order chi connectivity index (χ1) is 5.64. The highest BCUT2D eigenvalue weighted by atomic mass is 79.9. The molecule has 0 aliphatic carbocycles. The Kier molecular flexibility index (Phi) is 3.05. The molecule has 12 heavy (non-hydrogen) atoms. The van der Waals surface area contributed by atoms with Gasteiger partial charge in [0.25, 0.3) is 0 Å². The van der Waals surface area contributed by atoms with Crippen LogP contribution in [0.5, 0.6) is 0 Å². The first-order valence-electron chi connectivity index (χ1n) is 3.11. The Labute approximate surface area is 79.2 Å². The van der Waals surface area contributed by atoms with Crippen molar-refractivity contribution in [3.8, 4) is 0 Å². The van der Waals surface area contributed by atoms with E-state index in [0.717, 1.165) is 0 Å². The quantitative estimate of drug-likeness (QED) is 0.820. The van der Waals surface area contributed by atoms with Crippen molar-refractivity contribution in [1.29, 1.82) is 0 Å². The summed E-state index contributed by atoms with van der Waals surface area (Å²) in [7, 11) is -3.27. The predicted molar refractivity (Wildman–Crippen MR) is 50.6 cm³/mol. The molecule has 6 heteroatoms. The second-order valence-electron chi connectivity index (χ2n) is 2.04. The number of aromatic nitrogens is 1. The van der Waals surface area contributed by atoms with Crippen LogP contribution in [0, 0.1) is 0 Å². The van der Waals surface area contributed by atoms with Crippen molar-refractivity contribution in [3.05, 3.63) is 24.4 Å². The zero-order valence-electron chi connectivity index (χ0n) is 6.07. The molecule has 0 atom stereocenters. The molecule has 4 nitrogen and oxygen atoms in total. The Hall–Kier alpha value is -0.620. The second-order valence-corrected chi connectivity index (χ2v) is 5.07. The van der Waals surface area contributed by atoms with Gasteiger partial charge in [-0.15, -0.1) is 0 Å². The molecule has 0 aliphatic heterocycles. The van der Waals surface area contributed by atoms with E-state index < -0.39 is 10.0 Å². The molecule has 1 rings (SSSR count). The average molecular weight is 251 g/mol. The van der Waals surface area contributed by atoms with Crippen LogP contribution in [-0.4, -0.2) is 18.1 Å². The lowest BCUT2D eigenvalue weighted by molar-refractivity contribution is 0.606. The van der Waals surface area contributed by atoms with Gasteiger partial charge in [0.15, 0.2) is 0 Å². The summed E-state index contributed by atoms with van der Waals surface area (Å²) < 4.78 is 24.1. The van der Waals surface area contributed by atoms with Gasteiger partial charge in [0.2, 0.25) is 10.0 Å². The molecular weight excluding hydrogens is 244 g/mol. The van der Waals surface area contributed by atoms with E-state index in [1.807, 2.05) is 0 Å². The van der Waals surface area contributed by atoms with Crippen molar-refractivity contribution < 1.29 is 8.42 Å². The average Bonchev–Trinajstić information content (AvgIpc) is 2.06. The van der Waals surface area contributed by atoms with Crippen molar-refractivity contribution in [2.45, 2.75) is 0 Å². The summed E-state index contributed by atoms with van der Waals surface area (Å²) in [5.41, 5.74) is 0. The summed E-state index contributed by atoms with van der Waals surface area (Å²) in [5, 5.41) is 0. The maximum atomic E-state index is 11.0. The Morgan fingerprint density at radius 2 is 2.25 bits per heavy atom. The number of nitrogens with zero attached hydrogens (tertiary/aromatic N) is 1. The van der Waals surface area contributed by atoms with Crippen LogP contribution in [-0.2, 0) is 10.0 Å². The third-order valence-corrected chi connectivity index (χ3v) is 3.68. The summed E-state index contributed by atoms with van der Waals surface area (Å²) in [5.74, 6) is 0.331. The molecule has 1 aromatic heterocycles. The molecule has 1 heterocycles. The third-order valence-electron chi connectivity index (χ3n) is 1.07. The number of hydrogen-bond donors (Lipinski definition) is 1. The summed E-state index contributed by atoms with van der Waals surface area (Å²) in [4.78, 5) is 3.80. The Morgan fingerprint density at radius 1 is 1.50 bits per heavy atom. The molecule has 66 valence electrons. The van der Waals surface area contributed by atoms with E-state index in [1.165, 1.54) is 6.20 Å². The lowest BCUT2D eigenvalue weighted by Gasteiger charge is -2.02. The monoisotopic (exact) mass is 250 g/mol. The summed E-state index contributed by atoms with van der Waals surface area (Å²) in [6, 6.07) is 5.01. The number of hydrogen-bond acceptors (Lipinski definition) is 3. The maximum absolute atomic E-state index is 11.0. The predicted octanol–water partition coefficient (Wildman–Crippen LogP) is 1.18. The maximum Gasteiger partial charge on any atom is 0.243 e. The molecular formula is C6H7BrN2O2S. The molecule has 0 radical (unpaired) electrons. The molecule has 0 amide bonds. The first-order valence-corrected chi connectivity index (χ1v) is 5.89. The van der Waals surface area contributed by atoms with E-state index in [1.54, 1.807) is 18.2 Å². The zero-order chi connectivity index (χ0) is 9.03. The van der Waals surface area contributed by atoms with Gasteiger partial charge in [-0.2, -0.15) is 0 Å². The highest BCUT2D eigenvalue weighted by Gasteiger charge is 2.06. The van der Waals surface area contributed by atoms with Crippen LogP contribution < -0.4 is 4.72 Å². The topological polar surface area (TPSA) is 59.1 Å². The van der Waals surface area contributed by atoms with Gasteiger partial charge in [0.05, 0.1) is 0 Å². The molecule has 0 saturated carbocycles. The fourth-order valence-corrected chi connectivity index (χ4v) is 1.45. The number of anilines is 1. The lowest BCUT2D eigenvalue weighted by Crippen LogP contribution is -2.13. The summed E-state index contributed by atoms with van der Waals surface area (Å²) in [6.07, 6.45) is 1.52. The fraction of sp³-hybridized carbons (Fsp3) is 0.167. The minimum absolute atomic E-state index is 0.128. The molecule has 0 unspecified atom stereocenters. The minimum atomic E-state index is -3.27. The smallest absolute Gasteiger partial charge is 0.243 e. The van der Waals surface area contributed by atoms with Crippen molar-refractivity contribution in [2.24, 2.45) is 0 Å². The summed E-state index contributed by atoms with van der Waals surface area (Å²) >= 11 is 2.85. The van der Waals surface area contributed by atoms with Crippen LogP contribution >= 0.6 is 15.9 Å². The number of nitrogens with one attached hydrogen (secondary N) is 1. The minimum Gasteiger partial charge on any atom is -0.267 e. The van der Waals surface area contributed by atoms with Crippen molar-refractivity contribution >= 4 is 31.8 Å². The van der Waals surface area contributed by atoms with Crippen LogP contribution in [0.15, 0.2) is 24.4 Å². The molecule has 0 spiro atoms. The number of pyridine rings is 1. The van der Waals surface area contributed by atoms with Gasteiger partial charge >= 0.3 is 0 Å². The van der Waals surface area contributed by atoms with Crippen molar-refractivity contribution in [2.75, 3.05) is 9.38 Å². The van der Waals surface area contributed by atoms with Gasteiger partial charge < -0.3 is 0 Å². The van der Waals surface area contributed by atoms with Crippen molar-refractivity contribution in [1.82, 2.24) is 4.98 Å². The van der Waals surface area contributed by atoms with Gasteiger partial charge in [0, 0.05) is 6.20 Å². The zero-order valence-corrected chi connectivity index (χ0v) is 8.47. The molecule has 1 aromatic rings. The van der Waals surface area contributed by atoms with Gasteiger partial charge in [-0.25, -0.2) is 13.4 Å². The SMILES string of the molecule is O=S(=O)(CBr)Nc1ccccn1. The number of alkyl halides is 1. The van der Waals surface area contributed by atoms with Gasteiger partial charge in [-0.3, -0.25) is 4.72 Å². The Morgan fingerprint density at radius 3 is 2.75 bits per heavy atom. The molecule has 1 N–H and O–H groups in total. The van der Waals surface area contributed by atoms with Crippen LogP contribution in [0.3, 0.4) is 0 Å². The molecule has 0 fully saturated rings. The first kappa shape index (κ1) is 9.47. The summed E-state index contributed by atoms with van der Waals surface area (Å²) in [6.45, 7) is 0. The van der Waals surface area contributed by atoms with Crippen LogP contribution in [0.1, 0.15) is 0 Å². The van der Waals surface area contributed by atoms with Crippen molar-refractivity contribution in [3.63, 3.8) is 0 Å². The highest BCUT2D eigenvalue weighted by Crippen LogP contribution is 2.04. The van der Waals surface area contributed by atoms with E-state index in [9.17, 15) is 8.42 Å². The van der Waals surface area contributed by atoms with E-state index >= 15 is 0 Å². The van der Waals surface area contributed by atoms with E-state index in [2.05, 4.69) is 25.6 Å². The van der Waals surface area contributed by atoms with Gasteiger partial charge in [-0.05, 0) is 12.1 Å². The number of sulfonamides is 1. The van der Waals surface area contributed by atoms with Crippen LogP contribution in [0.25, 0.3) is 0 Å². The number of halogens is 1. The van der Waals surface area contributed by atoms with E-state index in [-0.39, 0.29) is 4.66 Å². The molecule has 0 aromatic carbocycles. The van der Waals surface area contributed by atoms with Gasteiger partial charge in [0.1, 0.15) is 10.5 Å². The Balaban J connectivity index is 2.78.